The van der Waals surface area contributed by atoms with Crippen LogP contribution in [0.3, 0.4) is 0 Å². The van der Waals surface area contributed by atoms with Crippen LogP contribution in [0.2, 0.25) is 0 Å². The predicted octanol–water partition coefficient (Wildman–Crippen LogP) is 1.22. The molecule has 1 atom stereocenters. The third-order valence-corrected chi connectivity index (χ3v) is 1.69. The molecule has 4 heteroatoms. The summed E-state index contributed by atoms with van der Waals surface area (Å²) in [4.78, 5) is 3.81. The molecule has 1 rings (SSSR count). The maximum Gasteiger partial charge on any atom is 0.137 e. The van der Waals surface area contributed by atoms with Gasteiger partial charge in [0.2, 0.25) is 0 Å². The Hall–Kier alpha value is -1.37. The first-order valence-corrected chi connectivity index (χ1v) is 4.08. The molecule has 0 radical (unpaired) electrons. The highest BCUT2D eigenvalue weighted by molar-refractivity contribution is 4.82. The molecule has 0 aliphatic rings. The van der Waals surface area contributed by atoms with E-state index in [0.717, 1.165) is 12.8 Å². The summed E-state index contributed by atoms with van der Waals surface area (Å²) in [7, 11) is 0. The molecular formula is C8H12N4. The highest BCUT2D eigenvalue weighted by Gasteiger charge is 2.06. The summed E-state index contributed by atoms with van der Waals surface area (Å²) in [6, 6.07) is 2.25. The van der Waals surface area contributed by atoms with Crippen LogP contribution in [0.25, 0.3) is 0 Å². The second kappa shape index (κ2) is 4.50. The van der Waals surface area contributed by atoms with Gasteiger partial charge in [0.1, 0.15) is 12.7 Å². The predicted molar refractivity (Wildman–Crippen MR) is 44.0 cm³/mol. The van der Waals surface area contributed by atoms with E-state index in [-0.39, 0.29) is 5.92 Å². The fourth-order valence-electron chi connectivity index (χ4n) is 1.10. The lowest BCUT2D eigenvalue weighted by atomic mass is 10.1. The molecule has 1 heterocycles. The number of nitrogens with zero attached hydrogens (tertiary/aromatic N) is 4. The maximum atomic E-state index is 8.74. The van der Waals surface area contributed by atoms with E-state index < -0.39 is 0 Å². The van der Waals surface area contributed by atoms with Gasteiger partial charge in [-0.1, -0.05) is 13.3 Å². The molecule has 12 heavy (non-hydrogen) atoms. The van der Waals surface area contributed by atoms with Gasteiger partial charge in [0.25, 0.3) is 0 Å². The molecule has 0 aromatic carbocycles. The first kappa shape index (κ1) is 8.72. The van der Waals surface area contributed by atoms with Crippen LogP contribution in [0.4, 0.5) is 0 Å². The van der Waals surface area contributed by atoms with Crippen LogP contribution in [-0.4, -0.2) is 14.8 Å². The maximum absolute atomic E-state index is 8.74. The molecule has 1 aromatic rings. The van der Waals surface area contributed by atoms with Crippen molar-refractivity contribution >= 4 is 0 Å². The summed E-state index contributed by atoms with van der Waals surface area (Å²) in [6.45, 7) is 2.73. The standard InChI is InChI=1S/C8H12N4/c1-2-3-8(4-9)5-12-7-10-6-11-12/h6-8H,2-3,5H2,1H3. The number of nitriles is 1. The minimum atomic E-state index is 0.0664. The quantitative estimate of drug-likeness (QED) is 0.672. The first-order valence-electron chi connectivity index (χ1n) is 4.08. The number of hydrogen-bond acceptors (Lipinski definition) is 3. The average Bonchev–Trinajstić information content (AvgIpc) is 2.56. The van der Waals surface area contributed by atoms with Gasteiger partial charge in [-0.2, -0.15) is 10.4 Å². The lowest BCUT2D eigenvalue weighted by Gasteiger charge is -2.05. The zero-order valence-corrected chi connectivity index (χ0v) is 7.14. The Balaban J connectivity index is 2.44. The number of rotatable bonds is 4. The monoisotopic (exact) mass is 164 g/mol. The van der Waals surface area contributed by atoms with Gasteiger partial charge >= 0.3 is 0 Å². The van der Waals surface area contributed by atoms with Gasteiger partial charge in [0, 0.05) is 0 Å². The van der Waals surface area contributed by atoms with Crippen molar-refractivity contribution in [1.29, 1.82) is 5.26 Å². The van der Waals surface area contributed by atoms with Gasteiger partial charge in [-0.25, -0.2) is 4.98 Å². The average molecular weight is 164 g/mol. The largest absolute Gasteiger partial charge is 0.252 e. The van der Waals surface area contributed by atoms with Gasteiger partial charge in [0.05, 0.1) is 18.5 Å². The van der Waals surface area contributed by atoms with E-state index in [0.29, 0.717) is 6.54 Å². The summed E-state index contributed by atoms with van der Waals surface area (Å²) >= 11 is 0. The van der Waals surface area contributed by atoms with Crippen LogP contribution in [0.5, 0.6) is 0 Å². The highest BCUT2D eigenvalue weighted by atomic mass is 15.3. The molecule has 0 aliphatic heterocycles. The molecule has 0 saturated heterocycles. The molecule has 4 nitrogen and oxygen atoms in total. The summed E-state index contributed by atoms with van der Waals surface area (Å²) < 4.78 is 1.70. The van der Waals surface area contributed by atoms with Crippen molar-refractivity contribution in [3.8, 4) is 6.07 Å². The molecule has 0 saturated carbocycles. The molecule has 0 N–H and O–H groups in total. The van der Waals surface area contributed by atoms with E-state index in [1.54, 1.807) is 11.0 Å². The van der Waals surface area contributed by atoms with Gasteiger partial charge in [-0.05, 0) is 6.42 Å². The van der Waals surface area contributed by atoms with Crippen molar-refractivity contribution in [2.24, 2.45) is 5.92 Å². The zero-order valence-electron chi connectivity index (χ0n) is 7.14. The first-order chi connectivity index (χ1) is 5.86. The van der Waals surface area contributed by atoms with E-state index in [2.05, 4.69) is 23.1 Å². The Morgan fingerprint density at radius 3 is 3.00 bits per heavy atom. The lowest BCUT2D eigenvalue weighted by molar-refractivity contribution is 0.467. The van der Waals surface area contributed by atoms with E-state index >= 15 is 0 Å². The minimum absolute atomic E-state index is 0.0664. The number of hydrogen-bond donors (Lipinski definition) is 0. The summed E-state index contributed by atoms with van der Waals surface area (Å²) in [5.74, 6) is 0.0664. The van der Waals surface area contributed by atoms with Crippen molar-refractivity contribution in [2.75, 3.05) is 0 Å². The van der Waals surface area contributed by atoms with Crippen LogP contribution in [0.15, 0.2) is 12.7 Å². The van der Waals surface area contributed by atoms with Gasteiger partial charge < -0.3 is 0 Å². The fourth-order valence-corrected chi connectivity index (χ4v) is 1.10. The van der Waals surface area contributed by atoms with E-state index in [4.69, 9.17) is 5.26 Å². The van der Waals surface area contributed by atoms with Gasteiger partial charge in [-0.15, -0.1) is 0 Å². The fraction of sp³-hybridized carbons (Fsp3) is 0.625. The Morgan fingerprint density at radius 2 is 2.50 bits per heavy atom. The van der Waals surface area contributed by atoms with Crippen molar-refractivity contribution in [3.63, 3.8) is 0 Å². The van der Waals surface area contributed by atoms with Crippen molar-refractivity contribution in [2.45, 2.75) is 26.3 Å². The highest BCUT2D eigenvalue weighted by Crippen LogP contribution is 2.06. The van der Waals surface area contributed by atoms with Crippen LogP contribution >= 0.6 is 0 Å². The third kappa shape index (κ3) is 2.35. The van der Waals surface area contributed by atoms with Crippen LogP contribution in [0, 0.1) is 17.2 Å². The molecule has 1 aromatic heterocycles. The molecular weight excluding hydrogens is 152 g/mol. The molecule has 0 spiro atoms. The molecule has 0 bridgehead atoms. The van der Waals surface area contributed by atoms with Crippen LogP contribution in [0.1, 0.15) is 19.8 Å². The van der Waals surface area contributed by atoms with E-state index in [1.165, 1.54) is 6.33 Å². The van der Waals surface area contributed by atoms with Crippen molar-refractivity contribution < 1.29 is 0 Å². The lowest BCUT2D eigenvalue weighted by Crippen LogP contribution is -2.09. The Morgan fingerprint density at radius 1 is 1.67 bits per heavy atom. The third-order valence-electron chi connectivity index (χ3n) is 1.69. The second-order valence-electron chi connectivity index (χ2n) is 2.73. The van der Waals surface area contributed by atoms with E-state index in [1.807, 2.05) is 0 Å². The molecule has 1 unspecified atom stereocenters. The molecule has 0 aliphatic carbocycles. The molecule has 64 valence electrons. The summed E-state index contributed by atoms with van der Waals surface area (Å²) in [5, 5.41) is 12.7. The Kier molecular flexibility index (Phi) is 3.27. The zero-order chi connectivity index (χ0) is 8.81. The summed E-state index contributed by atoms with van der Waals surface area (Å²) in [6.07, 6.45) is 5.09. The SMILES string of the molecule is CCCC(C#N)Cn1cncn1. The topological polar surface area (TPSA) is 54.5 Å². The molecule has 0 amide bonds. The molecule has 0 fully saturated rings. The van der Waals surface area contributed by atoms with Gasteiger partial charge in [-0.3, -0.25) is 4.68 Å². The summed E-state index contributed by atoms with van der Waals surface area (Å²) in [5.41, 5.74) is 0. The van der Waals surface area contributed by atoms with Gasteiger partial charge in [0.15, 0.2) is 0 Å². The van der Waals surface area contributed by atoms with Crippen molar-refractivity contribution in [3.05, 3.63) is 12.7 Å². The Labute approximate surface area is 71.8 Å². The number of aromatic nitrogens is 3. The normalized spacial score (nSPS) is 12.3. The smallest absolute Gasteiger partial charge is 0.137 e. The van der Waals surface area contributed by atoms with E-state index in [9.17, 15) is 0 Å². The minimum Gasteiger partial charge on any atom is -0.252 e. The second-order valence-corrected chi connectivity index (χ2v) is 2.73. The Bertz CT molecular complexity index is 247. The van der Waals surface area contributed by atoms with Crippen LogP contribution < -0.4 is 0 Å². The van der Waals surface area contributed by atoms with Crippen molar-refractivity contribution in [1.82, 2.24) is 14.8 Å². The van der Waals surface area contributed by atoms with Crippen LogP contribution in [-0.2, 0) is 6.54 Å².